The number of fused-ring (bicyclic) bond motifs is 3. The minimum absolute atomic E-state index is 0.0171. The Morgan fingerprint density at radius 2 is 2.06 bits per heavy atom. The van der Waals surface area contributed by atoms with Gasteiger partial charge in [0.05, 0.1) is 18.0 Å². The number of carbonyl (C=O) groups is 1. The molecule has 0 spiro atoms. The van der Waals surface area contributed by atoms with Crippen molar-refractivity contribution in [1.29, 1.82) is 0 Å². The molecule has 0 saturated carbocycles. The summed E-state index contributed by atoms with van der Waals surface area (Å²) in [5, 5.41) is 5.07. The Bertz CT molecular complexity index is 1060. The molecule has 1 amide bonds. The number of aromatic nitrogens is 2. The molecular formula is C24H29N3O2S2. The zero-order valence-corrected chi connectivity index (χ0v) is 20.0. The Hall–Kier alpha value is -1.96. The fourth-order valence-electron chi connectivity index (χ4n) is 3.69. The second-order valence-electron chi connectivity index (χ2n) is 8.51. The first-order valence-electron chi connectivity index (χ1n) is 10.8. The number of nitrogens with zero attached hydrogens (tertiary/aromatic N) is 2. The summed E-state index contributed by atoms with van der Waals surface area (Å²) in [4.78, 5) is 24.6. The van der Waals surface area contributed by atoms with Crippen molar-refractivity contribution in [2.75, 3.05) is 5.75 Å². The Morgan fingerprint density at radius 3 is 2.84 bits per heavy atom. The van der Waals surface area contributed by atoms with Crippen molar-refractivity contribution in [2.24, 2.45) is 0 Å². The fraction of sp³-hybridized carbons (Fsp3) is 0.458. The predicted octanol–water partition coefficient (Wildman–Crippen LogP) is 5.29. The number of nitrogens with one attached hydrogen (secondary N) is 1. The van der Waals surface area contributed by atoms with Gasteiger partial charge in [-0.2, -0.15) is 0 Å². The van der Waals surface area contributed by atoms with Gasteiger partial charge in [0.1, 0.15) is 15.7 Å². The highest BCUT2D eigenvalue weighted by atomic mass is 32.2. The van der Waals surface area contributed by atoms with Crippen molar-refractivity contribution in [1.82, 2.24) is 15.3 Å². The van der Waals surface area contributed by atoms with Crippen LogP contribution in [0.3, 0.4) is 0 Å². The Kier molecular flexibility index (Phi) is 6.94. The summed E-state index contributed by atoms with van der Waals surface area (Å²) in [7, 11) is 0. The molecule has 3 aromatic rings. The van der Waals surface area contributed by atoms with E-state index in [1.807, 2.05) is 30.3 Å². The first kappa shape index (κ1) is 22.2. The van der Waals surface area contributed by atoms with E-state index in [0.29, 0.717) is 18.9 Å². The largest absolute Gasteiger partial charge is 0.370 e. The highest BCUT2D eigenvalue weighted by Crippen LogP contribution is 2.41. The van der Waals surface area contributed by atoms with E-state index in [9.17, 15) is 4.79 Å². The lowest BCUT2D eigenvalue weighted by atomic mass is 9.94. The quantitative estimate of drug-likeness (QED) is 0.369. The molecular weight excluding hydrogens is 426 g/mol. The molecule has 5 nitrogen and oxygen atoms in total. The van der Waals surface area contributed by atoms with E-state index in [1.54, 1.807) is 11.3 Å². The molecule has 0 radical (unpaired) electrons. The number of aryl methyl sites for hydroxylation is 1. The minimum Gasteiger partial charge on any atom is -0.370 e. The summed E-state index contributed by atoms with van der Waals surface area (Å²) < 4.78 is 6.02. The number of ether oxygens (including phenoxy) is 1. The SMILES string of the molecule is CCCCc1nc(SCC(=O)NCc2ccccc2)c2c3c(sc2n1)COC(C)(C)C3. The number of thioether (sulfide) groups is 1. The molecule has 1 aromatic carbocycles. The van der Waals surface area contributed by atoms with Gasteiger partial charge in [0.25, 0.3) is 0 Å². The van der Waals surface area contributed by atoms with E-state index >= 15 is 0 Å². The molecule has 164 valence electrons. The van der Waals surface area contributed by atoms with Crippen LogP contribution in [0.15, 0.2) is 35.4 Å². The van der Waals surface area contributed by atoms with Crippen LogP contribution in [0.2, 0.25) is 0 Å². The maximum atomic E-state index is 12.5. The summed E-state index contributed by atoms with van der Waals surface area (Å²) in [6.07, 6.45) is 3.88. The first-order valence-corrected chi connectivity index (χ1v) is 12.6. The van der Waals surface area contributed by atoms with Crippen molar-refractivity contribution < 1.29 is 9.53 Å². The smallest absolute Gasteiger partial charge is 0.230 e. The number of unbranched alkanes of at least 4 members (excludes halogenated alkanes) is 1. The van der Waals surface area contributed by atoms with Crippen molar-refractivity contribution in [3.05, 3.63) is 52.2 Å². The van der Waals surface area contributed by atoms with Crippen LogP contribution in [0.5, 0.6) is 0 Å². The summed E-state index contributed by atoms with van der Waals surface area (Å²) in [5.41, 5.74) is 2.20. The molecule has 0 atom stereocenters. The van der Waals surface area contributed by atoms with E-state index in [1.165, 1.54) is 22.2 Å². The lowest BCUT2D eigenvalue weighted by Crippen LogP contribution is -2.31. The van der Waals surface area contributed by atoms with Crippen molar-refractivity contribution in [3.8, 4) is 0 Å². The lowest BCUT2D eigenvalue weighted by Gasteiger charge is -2.30. The van der Waals surface area contributed by atoms with Gasteiger partial charge in [-0.1, -0.05) is 55.4 Å². The highest BCUT2D eigenvalue weighted by molar-refractivity contribution is 8.00. The topological polar surface area (TPSA) is 64.1 Å². The first-order chi connectivity index (χ1) is 14.9. The van der Waals surface area contributed by atoms with Crippen LogP contribution in [-0.2, 0) is 35.5 Å². The Balaban J connectivity index is 1.55. The number of carbonyl (C=O) groups excluding carboxylic acids is 1. The van der Waals surface area contributed by atoms with E-state index < -0.39 is 0 Å². The van der Waals surface area contributed by atoms with E-state index in [2.05, 4.69) is 26.1 Å². The third-order valence-corrected chi connectivity index (χ3v) is 7.44. The molecule has 2 aromatic heterocycles. The lowest BCUT2D eigenvalue weighted by molar-refractivity contribution is -0.118. The van der Waals surface area contributed by atoms with E-state index in [-0.39, 0.29) is 11.5 Å². The number of thiophene rings is 1. The monoisotopic (exact) mass is 455 g/mol. The second-order valence-corrected chi connectivity index (χ2v) is 10.6. The fourth-order valence-corrected chi connectivity index (χ4v) is 5.78. The zero-order chi connectivity index (χ0) is 21.8. The molecule has 31 heavy (non-hydrogen) atoms. The number of amides is 1. The predicted molar refractivity (Wildman–Crippen MR) is 128 cm³/mol. The molecule has 1 aliphatic heterocycles. The molecule has 4 rings (SSSR count). The maximum Gasteiger partial charge on any atom is 0.230 e. The molecule has 0 aliphatic carbocycles. The van der Waals surface area contributed by atoms with Gasteiger partial charge in [0, 0.05) is 29.6 Å². The normalized spacial score (nSPS) is 15.1. The van der Waals surface area contributed by atoms with Gasteiger partial charge in [-0.3, -0.25) is 4.79 Å². The van der Waals surface area contributed by atoms with Gasteiger partial charge in [-0.15, -0.1) is 11.3 Å². The highest BCUT2D eigenvalue weighted by Gasteiger charge is 2.31. The van der Waals surface area contributed by atoms with Crippen LogP contribution in [0, 0.1) is 0 Å². The van der Waals surface area contributed by atoms with E-state index in [4.69, 9.17) is 14.7 Å². The van der Waals surface area contributed by atoms with Gasteiger partial charge in [-0.05, 0) is 31.4 Å². The van der Waals surface area contributed by atoms with Gasteiger partial charge in [-0.25, -0.2) is 9.97 Å². The molecule has 1 N–H and O–H groups in total. The number of hydrogen-bond acceptors (Lipinski definition) is 6. The minimum atomic E-state index is -0.198. The Labute approximate surface area is 192 Å². The average molecular weight is 456 g/mol. The van der Waals surface area contributed by atoms with Crippen LogP contribution >= 0.6 is 23.1 Å². The molecule has 0 bridgehead atoms. The summed E-state index contributed by atoms with van der Waals surface area (Å²) in [5.74, 6) is 1.24. The molecule has 0 unspecified atom stereocenters. The molecule has 1 aliphatic rings. The Morgan fingerprint density at radius 1 is 1.26 bits per heavy atom. The van der Waals surface area contributed by atoms with Crippen LogP contribution in [0.4, 0.5) is 0 Å². The number of benzene rings is 1. The third kappa shape index (κ3) is 5.45. The maximum absolute atomic E-state index is 12.5. The molecule has 7 heteroatoms. The van der Waals surface area contributed by atoms with Crippen LogP contribution in [0.1, 0.15) is 55.4 Å². The average Bonchev–Trinajstić information content (AvgIpc) is 3.12. The van der Waals surface area contributed by atoms with Crippen molar-refractivity contribution in [3.63, 3.8) is 0 Å². The van der Waals surface area contributed by atoms with Crippen molar-refractivity contribution in [2.45, 2.75) is 70.2 Å². The summed E-state index contributed by atoms with van der Waals surface area (Å²) >= 11 is 3.24. The molecule has 0 fully saturated rings. The molecule has 0 saturated heterocycles. The van der Waals surface area contributed by atoms with Crippen LogP contribution in [0.25, 0.3) is 10.2 Å². The van der Waals surface area contributed by atoms with Gasteiger partial charge >= 0.3 is 0 Å². The van der Waals surface area contributed by atoms with E-state index in [0.717, 1.165) is 52.3 Å². The summed E-state index contributed by atoms with van der Waals surface area (Å²) in [6, 6.07) is 9.98. The van der Waals surface area contributed by atoms with Crippen LogP contribution in [-0.4, -0.2) is 27.2 Å². The third-order valence-electron chi connectivity index (χ3n) is 5.37. The zero-order valence-electron chi connectivity index (χ0n) is 18.4. The number of rotatable bonds is 8. The summed E-state index contributed by atoms with van der Waals surface area (Å²) in [6.45, 7) is 7.59. The van der Waals surface area contributed by atoms with Gasteiger partial charge in [0.15, 0.2) is 0 Å². The molecule has 3 heterocycles. The van der Waals surface area contributed by atoms with Gasteiger partial charge < -0.3 is 10.1 Å². The van der Waals surface area contributed by atoms with Crippen molar-refractivity contribution >= 4 is 39.2 Å². The second kappa shape index (κ2) is 9.67. The standard InChI is InChI=1S/C24H29N3O2S2/c1-4-5-11-19-26-22(30-15-20(28)25-13-16-9-7-6-8-10-16)21-17-12-24(2,3)29-14-18(17)31-23(21)27-19/h6-10H,4-5,11-15H2,1-3H3,(H,25,28). The van der Waals surface area contributed by atoms with Crippen LogP contribution < -0.4 is 5.32 Å². The number of hydrogen-bond donors (Lipinski definition) is 1. The van der Waals surface area contributed by atoms with Gasteiger partial charge in [0.2, 0.25) is 5.91 Å².